The second-order valence-electron chi connectivity index (χ2n) is 3.58. The first-order valence-electron chi connectivity index (χ1n) is 4.30. The number of carbonyl (C=O) groups is 1. The van der Waals surface area contributed by atoms with Gasteiger partial charge in [-0.15, -0.1) is 11.3 Å². The Labute approximate surface area is 80.4 Å². The monoisotopic (exact) mass is 197 g/mol. The molecule has 1 heterocycles. The van der Waals surface area contributed by atoms with Crippen LogP contribution >= 0.6 is 11.3 Å². The van der Waals surface area contributed by atoms with Gasteiger partial charge in [-0.05, 0) is 19.3 Å². The van der Waals surface area contributed by atoms with E-state index in [0.717, 1.165) is 16.3 Å². The van der Waals surface area contributed by atoms with Gasteiger partial charge in [0.05, 0.1) is 5.01 Å². The van der Waals surface area contributed by atoms with Crippen molar-refractivity contribution in [2.45, 2.75) is 26.2 Å². The number of hydrogen-bond donors (Lipinski definition) is 1. The van der Waals surface area contributed by atoms with E-state index in [1.165, 1.54) is 11.3 Å². The molecule has 1 fully saturated rings. The minimum absolute atomic E-state index is 0.235. The maximum atomic E-state index is 10.7. The minimum Gasteiger partial charge on any atom is -0.476 e. The zero-order chi connectivity index (χ0) is 9.59. The Morgan fingerprint density at radius 3 is 2.69 bits per heavy atom. The third-order valence-corrected chi connectivity index (χ3v) is 3.55. The molecule has 2 atom stereocenters. The standard InChI is InChI=1S/C9H11NO2S/c1-4-3-6(4)8-10-7(9(11)12)5(2)13-8/h4,6H,3H2,1-2H3,(H,11,12). The molecule has 1 aromatic rings. The summed E-state index contributed by atoms with van der Waals surface area (Å²) in [6.45, 7) is 3.99. The molecule has 0 radical (unpaired) electrons. The average Bonchev–Trinajstić information content (AvgIpc) is 2.61. The van der Waals surface area contributed by atoms with E-state index >= 15 is 0 Å². The number of carboxylic acids is 1. The van der Waals surface area contributed by atoms with Crippen molar-refractivity contribution in [1.82, 2.24) is 4.98 Å². The quantitative estimate of drug-likeness (QED) is 0.791. The molecule has 0 spiro atoms. The summed E-state index contributed by atoms with van der Waals surface area (Å²) in [6.07, 6.45) is 1.16. The van der Waals surface area contributed by atoms with E-state index in [9.17, 15) is 4.79 Å². The Hall–Kier alpha value is -0.900. The highest BCUT2D eigenvalue weighted by atomic mass is 32.1. The van der Waals surface area contributed by atoms with Gasteiger partial charge in [0, 0.05) is 10.8 Å². The van der Waals surface area contributed by atoms with Crippen molar-refractivity contribution in [3.05, 3.63) is 15.6 Å². The van der Waals surface area contributed by atoms with Gasteiger partial charge in [0.1, 0.15) is 0 Å². The zero-order valence-electron chi connectivity index (χ0n) is 7.57. The third-order valence-electron chi connectivity index (χ3n) is 2.44. The first kappa shape index (κ1) is 8.69. The van der Waals surface area contributed by atoms with E-state index in [0.29, 0.717) is 11.8 Å². The first-order chi connectivity index (χ1) is 6.09. The molecule has 1 aliphatic carbocycles. The van der Waals surface area contributed by atoms with Crippen LogP contribution in [0.15, 0.2) is 0 Å². The first-order valence-corrected chi connectivity index (χ1v) is 5.12. The maximum absolute atomic E-state index is 10.7. The zero-order valence-corrected chi connectivity index (χ0v) is 8.39. The fourth-order valence-corrected chi connectivity index (χ4v) is 2.60. The second kappa shape index (κ2) is 2.80. The molecule has 70 valence electrons. The van der Waals surface area contributed by atoms with E-state index in [1.807, 2.05) is 6.92 Å². The van der Waals surface area contributed by atoms with Gasteiger partial charge < -0.3 is 5.11 Å². The number of aromatic carboxylic acids is 1. The molecule has 1 N–H and O–H groups in total. The summed E-state index contributed by atoms with van der Waals surface area (Å²) in [6, 6.07) is 0. The van der Waals surface area contributed by atoms with Gasteiger partial charge in [-0.3, -0.25) is 0 Å². The van der Waals surface area contributed by atoms with E-state index in [4.69, 9.17) is 5.11 Å². The largest absolute Gasteiger partial charge is 0.476 e. The predicted octanol–water partition coefficient (Wildman–Crippen LogP) is 2.27. The lowest BCUT2D eigenvalue weighted by atomic mass is 10.3. The molecule has 13 heavy (non-hydrogen) atoms. The van der Waals surface area contributed by atoms with Crippen molar-refractivity contribution in [3.8, 4) is 0 Å². The summed E-state index contributed by atoms with van der Waals surface area (Å²) < 4.78 is 0. The van der Waals surface area contributed by atoms with Gasteiger partial charge in [-0.2, -0.15) is 0 Å². The molecule has 2 unspecified atom stereocenters. The Balaban J connectivity index is 2.30. The second-order valence-corrected chi connectivity index (χ2v) is 4.82. The van der Waals surface area contributed by atoms with Crippen LogP contribution in [-0.2, 0) is 0 Å². The van der Waals surface area contributed by atoms with Crippen molar-refractivity contribution in [2.24, 2.45) is 5.92 Å². The normalized spacial score (nSPS) is 26.0. The molecule has 1 aromatic heterocycles. The van der Waals surface area contributed by atoms with E-state index in [2.05, 4.69) is 11.9 Å². The Kier molecular flexibility index (Phi) is 1.87. The molecular formula is C9H11NO2S. The van der Waals surface area contributed by atoms with E-state index in [1.54, 1.807) is 0 Å². The number of thiazole rings is 1. The van der Waals surface area contributed by atoms with E-state index < -0.39 is 5.97 Å². The van der Waals surface area contributed by atoms with Crippen LogP contribution in [-0.4, -0.2) is 16.1 Å². The molecule has 0 bridgehead atoms. The van der Waals surface area contributed by atoms with Crippen molar-refractivity contribution in [1.29, 1.82) is 0 Å². The lowest BCUT2D eigenvalue weighted by molar-refractivity contribution is 0.0690. The number of nitrogens with zero attached hydrogens (tertiary/aromatic N) is 1. The Morgan fingerprint density at radius 2 is 2.31 bits per heavy atom. The molecule has 0 saturated heterocycles. The van der Waals surface area contributed by atoms with Crippen LogP contribution in [0.25, 0.3) is 0 Å². The Bertz CT molecular complexity index is 358. The van der Waals surface area contributed by atoms with Gasteiger partial charge >= 0.3 is 5.97 Å². The average molecular weight is 197 g/mol. The summed E-state index contributed by atoms with van der Waals surface area (Å²) in [7, 11) is 0. The lowest BCUT2D eigenvalue weighted by Gasteiger charge is -1.87. The summed E-state index contributed by atoms with van der Waals surface area (Å²) in [4.78, 5) is 15.7. The molecule has 1 aliphatic rings. The number of aromatic nitrogens is 1. The van der Waals surface area contributed by atoms with Gasteiger partial charge in [-0.1, -0.05) is 6.92 Å². The third kappa shape index (κ3) is 1.46. The number of hydrogen-bond acceptors (Lipinski definition) is 3. The number of rotatable bonds is 2. The highest BCUT2D eigenvalue weighted by Gasteiger charge is 2.37. The van der Waals surface area contributed by atoms with Crippen molar-refractivity contribution in [3.63, 3.8) is 0 Å². The van der Waals surface area contributed by atoms with Gasteiger partial charge in [0.25, 0.3) is 0 Å². The lowest BCUT2D eigenvalue weighted by Crippen LogP contribution is -1.98. The highest BCUT2D eigenvalue weighted by Crippen LogP contribution is 2.48. The van der Waals surface area contributed by atoms with Crippen LogP contribution in [0.3, 0.4) is 0 Å². The molecule has 0 aromatic carbocycles. The molecule has 2 rings (SSSR count). The van der Waals surface area contributed by atoms with Crippen molar-refractivity contribution < 1.29 is 9.90 Å². The van der Waals surface area contributed by atoms with Crippen LogP contribution < -0.4 is 0 Å². The van der Waals surface area contributed by atoms with Gasteiger partial charge in [-0.25, -0.2) is 9.78 Å². The SMILES string of the molecule is Cc1sc(C2CC2C)nc1C(=O)O. The van der Waals surface area contributed by atoms with Crippen LogP contribution in [0.5, 0.6) is 0 Å². The topological polar surface area (TPSA) is 50.2 Å². The predicted molar refractivity (Wildman–Crippen MR) is 50.3 cm³/mol. The number of aryl methyl sites for hydroxylation is 1. The van der Waals surface area contributed by atoms with Crippen LogP contribution in [0, 0.1) is 12.8 Å². The smallest absolute Gasteiger partial charge is 0.355 e. The summed E-state index contributed by atoms with van der Waals surface area (Å²) in [5.74, 6) is 0.303. The maximum Gasteiger partial charge on any atom is 0.355 e. The molecule has 0 aliphatic heterocycles. The number of carboxylic acid groups (broad SMARTS) is 1. The minimum atomic E-state index is -0.909. The summed E-state index contributed by atoms with van der Waals surface area (Å²) in [5.41, 5.74) is 0.235. The van der Waals surface area contributed by atoms with Crippen LogP contribution in [0.4, 0.5) is 0 Å². The fraction of sp³-hybridized carbons (Fsp3) is 0.556. The molecular weight excluding hydrogens is 186 g/mol. The fourth-order valence-electron chi connectivity index (χ4n) is 1.44. The highest BCUT2D eigenvalue weighted by molar-refractivity contribution is 7.12. The summed E-state index contributed by atoms with van der Waals surface area (Å²) >= 11 is 1.53. The molecule has 0 amide bonds. The molecule has 3 nitrogen and oxygen atoms in total. The van der Waals surface area contributed by atoms with Crippen molar-refractivity contribution in [2.75, 3.05) is 0 Å². The van der Waals surface area contributed by atoms with Gasteiger partial charge in [0.2, 0.25) is 0 Å². The van der Waals surface area contributed by atoms with Crippen LogP contribution in [0.2, 0.25) is 0 Å². The van der Waals surface area contributed by atoms with Crippen molar-refractivity contribution >= 4 is 17.3 Å². The Morgan fingerprint density at radius 1 is 1.69 bits per heavy atom. The molecule has 4 heteroatoms. The summed E-state index contributed by atoms with van der Waals surface area (Å²) in [5, 5.41) is 9.79. The van der Waals surface area contributed by atoms with E-state index in [-0.39, 0.29) is 5.69 Å². The molecule has 1 saturated carbocycles. The van der Waals surface area contributed by atoms with Crippen LogP contribution in [0.1, 0.15) is 39.6 Å². The van der Waals surface area contributed by atoms with Gasteiger partial charge in [0.15, 0.2) is 5.69 Å².